The number of benzene rings is 1. The minimum absolute atomic E-state index is 0.211. The Balaban J connectivity index is 1.77. The molecule has 0 spiro atoms. The van der Waals surface area contributed by atoms with E-state index in [1.807, 2.05) is 31.2 Å². The number of carbonyl (C=O) groups excluding carboxylic acids is 1. The summed E-state index contributed by atoms with van der Waals surface area (Å²) in [5, 5.41) is 5.76. The van der Waals surface area contributed by atoms with Crippen LogP contribution in [0.15, 0.2) is 24.3 Å². The molecule has 0 aliphatic carbocycles. The van der Waals surface area contributed by atoms with Crippen molar-refractivity contribution < 1.29 is 19.0 Å². The third-order valence-corrected chi connectivity index (χ3v) is 3.72. The lowest BCUT2D eigenvalue weighted by atomic mass is 10.0. The maximum absolute atomic E-state index is 12.0. The molecule has 2 N–H and O–H groups in total. The molecule has 0 bridgehead atoms. The van der Waals surface area contributed by atoms with Crippen molar-refractivity contribution in [2.24, 2.45) is 5.92 Å². The van der Waals surface area contributed by atoms with Gasteiger partial charge < -0.3 is 24.8 Å². The van der Waals surface area contributed by atoms with Crippen molar-refractivity contribution in [3.05, 3.63) is 24.3 Å². The Morgan fingerprint density at radius 2 is 2.04 bits per heavy atom. The molecule has 6 heteroatoms. The van der Waals surface area contributed by atoms with Crippen molar-refractivity contribution in [2.75, 3.05) is 44.9 Å². The molecule has 2 rings (SSSR count). The first-order chi connectivity index (χ1) is 11.3. The SMILES string of the molecule is CCOCCOc1ccccc1NC(=O)NCC1CCOCC1. The summed E-state index contributed by atoms with van der Waals surface area (Å²) in [6.45, 7) is 5.82. The lowest BCUT2D eigenvalue weighted by Gasteiger charge is -2.22. The van der Waals surface area contributed by atoms with Gasteiger partial charge in [0.05, 0.1) is 12.3 Å². The van der Waals surface area contributed by atoms with Gasteiger partial charge in [0, 0.05) is 26.4 Å². The van der Waals surface area contributed by atoms with Gasteiger partial charge in [-0.15, -0.1) is 0 Å². The van der Waals surface area contributed by atoms with Crippen molar-refractivity contribution in [2.45, 2.75) is 19.8 Å². The second-order valence-corrected chi connectivity index (χ2v) is 5.43. The van der Waals surface area contributed by atoms with Gasteiger partial charge >= 0.3 is 6.03 Å². The van der Waals surface area contributed by atoms with Gasteiger partial charge in [-0.2, -0.15) is 0 Å². The second kappa shape index (κ2) is 10.1. The van der Waals surface area contributed by atoms with Crippen molar-refractivity contribution in [1.82, 2.24) is 5.32 Å². The van der Waals surface area contributed by atoms with Crippen LogP contribution in [0.1, 0.15) is 19.8 Å². The van der Waals surface area contributed by atoms with Crippen LogP contribution in [0, 0.1) is 5.92 Å². The van der Waals surface area contributed by atoms with Gasteiger partial charge in [-0.05, 0) is 37.8 Å². The van der Waals surface area contributed by atoms with Gasteiger partial charge in [0.25, 0.3) is 0 Å². The molecule has 128 valence electrons. The molecule has 1 aliphatic rings. The molecule has 0 saturated carbocycles. The minimum Gasteiger partial charge on any atom is -0.489 e. The van der Waals surface area contributed by atoms with Gasteiger partial charge in [-0.25, -0.2) is 4.79 Å². The van der Waals surface area contributed by atoms with E-state index in [0.717, 1.165) is 26.1 Å². The van der Waals surface area contributed by atoms with Crippen LogP contribution < -0.4 is 15.4 Å². The molecular weight excluding hydrogens is 296 g/mol. The third kappa shape index (κ3) is 6.46. The summed E-state index contributed by atoms with van der Waals surface area (Å²) < 4.78 is 16.2. The fourth-order valence-corrected chi connectivity index (χ4v) is 2.40. The van der Waals surface area contributed by atoms with Crippen molar-refractivity contribution in [3.63, 3.8) is 0 Å². The summed E-state index contributed by atoms with van der Waals surface area (Å²) >= 11 is 0. The van der Waals surface area contributed by atoms with Gasteiger partial charge in [-0.3, -0.25) is 0 Å². The van der Waals surface area contributed by atoms with E-state index in [9.17, 15) is 4.79 Å². The highest BCUT2D eigenvalue weighted by molar-refractivity contribution is 5.90. The van der Waals surface area contributed by atoms with Crippen LogP contribution in [0.4, 0.5) is 10.5 Å². The zero-order valence-electron chi connectivity index (χ0n) is 13.7. The summed E-state index contributed by atoms with van der Waals surface area (Å²) in [6, 6.07) is 7.19. The zero-order valence-corrected chi connectivity index (χ0v) is 13.7. The van der Waals surface area contributed by atoms with Crippen LogP contribution in [0.25, 0.3) is 0 Å². The molecule has 0 unspecified atom stereocenters. The molecule has 1 aromatic carbocycles. The summed E-state index contributed by atoms with van der Waals surface area (Å²) in [4.78, 5) is 12.0. The smallest absolute Gasteiger partial charge is 0.319 e. The Kier molecular flexibility index (Phi) is 7.69. The monoisotopic (exact) mass is 322 g/mol. The van der Waals surface area contributed by atoms with Crippen LogP contribution >= 0.6 is 0 Å². The normalized spacial score (nSPS) is 15.2. The van der Waals surface area contributed by atoms with Gasteiger partial charge in [-0.1, -0.05) is 12.1 Å². The lowest BCUT2D eigenvalue weighted by Crippen LogP contribution is -2.35. The molecule has 1 saturated heterocycles. The van der Waals surface area contributed by atoms with Crippen LogP contribution in [0.2, 0.25) is 0 Å². The van der Waals surface area contributed by atoms with Crippen LogP contribution in [-0.2, 0) is 9.47 Å². The highest BCUT2D eigenvalue weighted by Gasteiger charge is 2.15. The van der Waals surface area contributed by atoms with Crippen LogP contribution in [0.3, 0.4) is 0 Å². The number of nitrogens with one attached hydrogen (secondary N) is 2. The standard InChI is InChI=1S/C17H26N2O4/c1-2-21-11-12-23-16-6-4-3-5-15(16)19-17(20)18-13-14-7-9-22-10-8-14/h3-6,14H,2,7-13H2,1H3,(H2,18,19,20). The summed E-state index contributed by atoms with van der Waals surface area (Å²) in [5.41, 5.74) is 0.661. The number of amides is 2. The summed E-state index contributed by atoms with van der Waals surface area (Å²) in [7, 11) is 0. The number of hydrogen-bond donors (Lipinski definition) is 2. The number of carbonyl (C=O) groups is 1. The first kappa shape index (κ1) is 17.6. The van der Waals surface area contributed by atoms with Gasteiger partial charge in [0.15, 0.2) is 0 Å². The fourth-order valence-electron chi connectivity index (χ4n) is 2.40. The fraction of sp³-hybridized carbons (Fsp3) is 0.588. The Morgan fingerprint density at radius 1 is 1.26 bits per heavy atom. The molecule has 0 radical (unpaired) electrons. The van der Waals surface area contributed by atoms with E-state index in [1.165, 1.54) is 0 Å². The molecular formula is C17H26N2O4. The first-order valence-electron chi connectivity index (χ1n) is 8.21. The number of ether oxygens (including phenoxy) is 3. The summed E-state index contributed by atoms with van der Waals surface area (Å²) in [5.74, 6) is 1.14. The predicted octanol–water partition coefficient (Wildman–Crippen LogP) is 2.65. The highest BCUT2D eigenvalue weighted by Crippen LogP contribution is 2.23. The van der Waals surface area contributed by atoms with Crippen LogP contribution in [-0.4, -0.2) is 45.6 Å². The van der Waals surface area contributed by atoms with Crippen molar-refractivity contribution >= 4 is 11.7 Å². The average molecular weight is 322 g/mol. The Labute approximate surface area is 137 Å². The first-order valence-corrected chi connectivity index (χ1v) is 8.21. The molecule has 2 amide bonds. The highest BCUT2D eigenvalue weighted by atomic mass is 16.5. The molecule has 1 heterocycles. The Bertz CT molecular complexity index is 475. The number of hydrogen-bond acceptors (Lipinski definition) is 4. The van der Waals surface area contributed by atoms with E-state index in [-0.39, 0.29) is 6.03 Å². The lowest BCUT2D eigenvalue weighted by molar-refractivity contribution is 0.0671. The van der Waals surface area contributed by atoms with E-state index in [0.29, 0.717) is 43.7 Å². The largest absolute Gasteiger partial charge is 0.489 e. The number of rotatable bonds is 8. The van der Waals surface area contributed by atoms with Crippen LogP contribution in [0.5, 0.6) is 5.75 Å². The van der Waals surface area contributed by atoms with E-state index in [1.54, 1.807) is 0 Å². The van der Waals surface area contributed by atoms with E-state index in [2.05, 4.69) is 10.6 Å². The maximum atomic E-state index is 12.0. The number of para-hydroxylation sites is 2. The second-order valence-electron chi connectivity index (χ2n) is 5.43. The van der Waals surface area contributed by atoms with Crippen molar-refractivity contribution in [3.8, 4) is 5.75 Å². The molecule has 1 fully saturated rings. The topological polar surface area (TPSA) is 68.8 Å². The molecule has 0 aromatic heterocycles. The van der Waals surface area contributed by atoms with E-state index >= 15 is 0 Å². The molecule has 1 aliphatic heterocycles. The Hall–Kier alpha value is -1.79. The maximum Gasteiger partial charge on any atom is 0.319 e. The molecule has 23 heavy (non-hydrogen) atoms. The van der Waals surface area contributed by atoms with E-state index in [4.69, 9.17) is 14.2 Å². The number of urea groups is 1. The summed E-state index contributed by atoms with van der Waals surface area (Å²) in [6.07, 6.45) is 1.99. The Morgan fingerprint density at radius 3 is 2.83 bits per heavy atom. The van der Waals surface area contributed by atoms with Gasteiger partial charge in [0.1, 0.15) is 12.4 Å². The third-order valence-electron chi connectivity index (χ3n) is 3.72. The van der Waals surface area contributed by atoms with E-state index < -0.39 is 0 Å². The number of anilines is 1. The van der Waals surface area contributed by atoms with Gasteiger partial charge in [0.2, 0.25) is 0 Å². The molecule has 1 aromatic rings. The average Bonchev–Trinajstić information content (AvgIpc) is 2.59. The quantitative estimate of drug-likeness (QED) is 0.722. The zero-order chi connectivity index (χ0) is 16.3. The minimum atomic E-state index is -0.211. The predicted molar refractivity (Wildman–Crippen MR) is 89.0 cm³/mol. The molecule has 0 atom stereocenters. The van der Waals surface area contributed by atoms with Crippen molar-refractivity contribution in [1.29, 1.82) is 0 Å². The molecule has 6 nitrogen and oxygen atoms in total.